The average molecular weight is 289 g/mol. The van der Waals surface area contributed by atoms with Gasteiger partial charge in [0.2, 0.25) is 0 Å². The molecule has 0 aliphatic carbocycles. The third-order valence-electron chi connectivity index (χ3n) is 4.20. The third-order valence-corrected chi connectivity index (χ3v) is 4.20. The molecule has 1 saturated heterocycles. The maximum absolute atomic E-state index is 12.8. The van der Waals surface area contributed by atoms with Crippen molar-refractivity contribution in [2.45, 2.75) is 52.0 Å². The molecule has 0 aromatic heterocycles. The van der Waals surface area contributed by atoms with Crippen LogP contribution in [0.15, 0.2) is 18.2 Å². The van der Waals surface area contributed by atoms with Gasteiger partial charge in [-0.3, -0.25) is 9.59 Å². The normalized spacial score (nSPS) is 18.6. The summed E-state index contributed by atoms with van der Waals surface area (Å²) in [5.41, 5.74) is 2.80. The molecule has 4 nitrogen and oxygen atoms in total. The minimum atomic E-state index is -0.792. The molecule has 114 valence electrons. The Bertz CT molecular complexity index is 539. The lowest BCUT2D eigenvalue weighted by atomic mass is 9.95. The van der Waals surface area contributed by atoms with Crippen LogP contribution in [-0.4, -0.2) is 34.5 Å². The van der Waals surface area contributed by atoms with Crippen molar-refractivity contribution >= 4 is 11.9 Å². The highest BCUT2D eigenvalue weighted by atomic mass is 16.4. The van der Waals surface area contributed by atoms with E-state index in [1.165, 1.54) is 0 Å². The van der Waals surface area contributed by atoms with Crippen LogP contribution in [0.3, 0.4) is 0 Å². The number of hydrogen-bond acceptors (Lipinski definition) is 2. The number of aryl methyl sites for hydroxylation is 2. The van der Waals surface area contributed by atoms with Crippen LogP contribution in [0, 0.1) is 13.8 Å². The minimum absolute atomic E-state index is 0.0475. The topological polar surface area (TPSA) is 57.6 Å². The summed E-state index contributed by atoms with van der Waals surface area (Å²) >= 11 is 0. The summed E-state index contributed by atoms with van der Waals surface area (Å²) in [5.74, 6) is -0.744. The molecule has 2 rings (SSSR count). The van der Waals surface area contributed by atoms with Crippen molar-refractivity contribution < 1.29 is 14.7 Å². The Labute approximate surface area is 125 Å². The fourth-order valence-electron chi connectivity index (χ4n) is 2.98. The summed E-state index contributed by atoms with van der Waals surface area (Å²) < 4.78 is 0. The molecular weight excluding hydrogens is 266 g/mol. The summed E-state index contributed by atoms with van der Waals surface area (Å²) in [4.78, 5) is 25.5. The predicted octanol–water partition coefficient (Wildman–Crippen LogP) is 3.16. The standard InChI is InChI=1S/C17H23NO3/c1-12-6-7-13(2)15(11-12)17(21)18-10-4-3-5-14(18)8-9-16(19)20/h6-7,11,14H,3-5,8-10H2,1-2H3,(H,19,20). The monoisotopic (exact) mass is 289 g/mol. The molecule has 0 spiro atoms. The third kappa shape index (κ3) is 3.84. The average Bonchev–Trinajstić information content (AvgIpc) is 2.47. The zero-order valence-electron chi connectivity index (χ0n) is 12.8. The van der Waals surface area contributed by atoms with E-state index >= 15 is 0 Å². The largest absolute Gasteiger partial charge is 0.481 e. The molecule has 21 heavy (non-hydrogen) atoms. The van der Waals surface area contributed by atoms with Crippen molar-refractivity contribution in [1.29, 1.82) is 0 Å². The SMILES string of the molecule is Cc1ccc(C)c(C(=O)N2CCCCC2CCC(=O)O)c1. The van der Waals surface area contributed by atoms with Crippen LogP contribution in [0.5, 0.6) is 0 Å². The van der Waals surface area contributed by atoms with Gasteiger partial charge in [-0.2, -0.15) is 0 Å². The van der Waals surface area contributed by atoms with Gasteiger partial charge in [0.15, 0.2) is 0 Å². The number of benzene rings is 1. The number of amides is 1. The van der Waals surface area contributed by atoms with E-state index in [2.05, 4.69) is 0 Å². The first-order valence-electron chi connectivity index (χ1n) is 7.59. The molecule has 1 unspecified atom stereocenters. The second-order valence-corrected chi connectivity index (χ2v) is 5.90. The molecule has 0 bridgehead atoms. The van der Waals surface area contributed by atoms with E-state index in [-0.39, 0.29) is 18.4 Å². The highest BCUT2D eigenvalue weighted by Crippen LogP contribution is 2.24. The summed E-state index contributed by atoms with van der Waals surface area (Å²) in [7, 11) is 0. The van der Waals surface area contributed by atoms with E-state index in [4.69, 9.17) is 5.11 Å². The molecular formula is C17H23NO3. The van der Waals surface area contributed by atoms with Crippen molar-refractivity contribution in [3.05, 3.63) is 34.9 Å². The smallest absolute Gasteiger partial charge is 0.303 e. The van der Waals surface area contributed by atoms with Crippen molar-refractivity contribution in [2.75, 3.05) is 6.54 Å². The number of nitrogens with zero attached hydrogens (tertiary/aromatic N) is 1. The second-order valence-electron chi connectivity index (χ2n) is 5.90. The highest BCUT2D eigenvalue weighted by molar-refractivity contribution is 5.96. The number of likely N-dealkylation sites (tertiary alicyclic amines) is 1. The van der Waals surface area contributed by atoms with Crippen molar-refractivity contribution in [2.24, 2.45) is 0 Å². The Morgan fingerprint density at radius 3 is 2.76 bits per heavy atom. The molecule has 0 saturated carbocycles. The van der Waals surface area contributed by atoms with Crippen LogP contribution in [-0.2, 0) is 4.79 Å². The number of carbonyl (C=O) groups excluding carboxylic acids is 1. The van der Waals surface area contributed by atoms with E-state index in [9.17, 15) is 9.59 Å². The highest BCUT2D eigenvalue weighted by Gasteiger charge is 2.28. The minimum Gasteiger partial charge on any atom is -0.481 e. The molecule has 0 radical (unpaired) electrons. The fraction of sp³-hybridized carbons (Fsp3) is 0.529. The van der Waals surface area contributed by atoms with Crippen LogP contribution in [0.1, 0.15) is 53.6 Å². The zero-order chi connectivity index (χ0) is 15.4. The summed E-state index contributed by atoms with van der Waals surface area (Å²) in [5, 5.41) is 8.86. The summed E-state index contributed by atoms with van der Waals surface area (Å²) in [6.45, 7) is 4.66. The second kappa shape index (κ2) is 6.74. The van der Waals surface area contributed by atoms with Crippen molar-refractivity contribution in [3.8, 4) is 0 Å². The van der Waals surface area contributed by atoms with Crippen LogP contribution in [0.2, 0.25) is 0 Å². The van der Waals surface area contributed by atoms with Gasteiger partial charge in [0.25, 0.3) is 5.91 Å². The van der Waals surface area contributed by atoms with E-state index in [0.29, 0.717) is 6.42 Å². The van der Waals surface area contributed by atoms with Gasteiger partial charge in [0.1, 0.15) is 0 Å². The molecule has 1 amide bonds. The number of hydrogen-bond donors (Lipinski definition) is 1. The first kappa shape index (κ1) is 15.5. The van der Waals surface area contributed by atoms with Gasteiger partial charge in [-0.25, -0.2) is 0 Å². The number of piperidine rings is 1. The van der Waals surface area contributed by atoms with E-state index in [1.807, 2.05) is 36.9 Å². The van der Waals surface area contributed by atoms with E-state index in [1.54, 1.807) is 0 Å². The van der Waals surface area contributed by atoms with Crippen molar-refractivity contribution in [1.82, 2.24) is 4.90 Å². The van der Waals surface area contributed by atoms with E-state index in [0.717, 1.165) is 42.5 Å². The molecule has 1 aromatic carbocycles. The Morgan fingerprint density at radius 1 is 1.29 bits per heavy atom. The van der Waals surface area contributed by atoms with Crippen LogP contribution in [0.25, 0.3) is 0 Å². The maximum Gasteiger partial charge on any atom is 0.303 e. The first-order chi connectivity index (χ1) is 9.99. The molecule has 1 aliphatic heterocycles. The Hall–Kier alpha value is -1.84. The predicted molar refractivity (Wildman–Crippen MR) is 81.5 cm³/mol. The Kier molecular flexibility index (Phi) is 4.99. The lowest BCUT2D eigenvalue weighted by Gasteiger charge is -2.36. The lowest BCUT2D eigenvalue weighted by Crippen LogP contribution is -2.44. The number of carboxylic acids is 1. The van der Waals surface area contributed by atoms with Gasteiger partial charge in [-0.05, 0) is 51.2 Å². The zero-order valence-corrected chi connectivity index (χ0v) is 12.8. The molecule has 4 heteroatoms. The lowest BCUT2D eigenvalue weighted by molar-refractivity contribution is -0.137. The summed E-state index contributed by atoms with van der Waals surface area (Å²) in [6, 6.07) is 5.96. The Morgan fingerprint density at radius 2 is 2.05 bits per heavy atom. The van der Waals surface area contributed by atoms with Gasteiger partial charge >= 0.3 is 5.97 Å². The molecule has 1 aromatic rings. The van der Waals surface area contributed by atoms with Gasteiger partial charge in [-0.1, -0.05) is 17.7 Å². The number of carboxylic acid groups (broad SMARTS) is 1. The molecule has 1 N–H and O–H groups in total. The molecule has 1 heterocycles. The Balaban J connectivity index is 2.18. The molecule has 1 aliphatic rings. The van der Waals surface area contributed by atoms with Crippen molar-refractivity contribution in [3.63, 3.8) is 0 Å². The number of carbonyl (C=O) groups is 2. The number of rotatable bonds is 4. The van der Waals surface area contributed by atoms with Crippen LogP contribution < -0.4 is 0 Å². The van der Waals surface area contributed by atoms with Gasteiger partial charge < -0.3 is 10.0 Å². The van der Waals surface area contributed by atoms with Gasteiger partial charge in [0, 0.05) is 24.6 Å². The molecule has 1 fully saturated rings. The van der Waals surface area contributed by atoms with Gasteiger partial charge in [-0.15, -0.1) is 0 Å². The number of aliphatic carboxylic acids is 1. The molecule has 1 atom stereocenters. The van der Waals surface area contributed by atoms with Crippen LogP contribution >= 0.6 is 0 Å². The van der Waals surface area contributed by atoms with Gasteiger partial charge in [0.05, 0.1) is 0 Å². The first-order valence-corrected chi connectivity index (χ1v) is 7.59. The fourth-order valence-corrected chi connectivity index (χ4v) is 2.98. The summed E-state index contributed by atoms with van der Waals surface area (Å²) in [6.07, 6.45) is 3.65. The van der Waals surface area contributed by atoms with E-state index < -0.39 is 5.97 Å². The van der Waals surface area contributed by atoms with Crippen LogP contribution in [0.4, 0.5) is 0 Å². The quantitative estimate of drug-likeness (QED) is 0.926. The maximum atomic E-state index is 12.8.